The molecule has 0 aliphatic rings. The summed E-state index contributed by atoms with van der Waals surface area (Å²) in [5.74, 6) is 0.773. The predicted octanol–water partition coefficient (Wildman–Crippen LogP) is 3.11. The molecule has 0 fully saturated rings. The van der Waals surface area contributed by atoms with Gasteiger partial charge in [0.2, 0.25) is 5.91 Å². The standard InChI is InChI=1S/C16H26N2O2/c1-6-16(4,5)18-15(19)11-17-13-9-8-12(3)10-14(13)20-7-2/h8-10,17H,6-7,11H2,1-5H3,(H,18,19). The van der Waals surface area contributed by atoms with Crippen LogP contribution >= 0.6 is 0 Å². The maximum atomic E-state index is 11.9. The van der Waals surface area contributed by atoms with Crippen LogP contribution in [-0.4, -0.2) is 24.6 Å². The van der Waals surface area contributed by atoms with Gasteiger partial charge >= 0.3 is 0 Å². The van der Waals surface area contributed by atoms with E-state index in [0.717, 1.165) is 23.4 Å². The lowest BCUT2D eigenvalue weighted by Crippen LogP contribution is -2.45. The first kappa shape index (κ1) is 16.3. The van der Waals surface area contributed by atoms with Crippen LogP contribution < -0.4 is 15.4 Å². The van der Waals surface area contributed by atoms with E-state index >= 15 is 0 Å². The van der Waals surface area contributed by atoms with Gasteiger partial charge in [-0.15, -0.1) is 0 Å². The molecule has 0 saturated heterocycles. The van der Waals surface area contributed by atoms with Gasteiger partial charge in [-0.05, 0) is 51.8 Å². The Balaban J connectivity index is 2.63. The number of ether oxygens (including phenoxy) is 1. The van der Waals surface area contributed by atoms with Crippen molar-refractivity contribution in [2.75, 3.05) is 18.5 Å². The van der Waals surface area contributed by atoms with Crippen molar-refractivity contribution in [3.05, 3.63) is 23.8 Å². The Bertz CT molecular complexity index is 456. The van der Waals surface area contributed by atoms with E-state index in [1.807, 2.05) is 45.9 Å². The minimum absolute atomic E-state index is 0.0140. The smallest absolute Gasteiger partial charge is 0.239 e. The van der Waals surface area contributed by atoms with Crippen LogP contribution in [0.1, 0.15) is 39.7 Å². The molecule has 1 aromatic carbocycles. The molecule has 0 heterocycles. The molecule has 0 bridgehead atoms. The van der Waals surface area contributed by atoms with Gasteiger partial charge in [0.1, 0.15) is 5.75 Å². The molecule has 4 nitrogen and oxygen atoms in total. The molecule has 0 aromatic heterocycles. The van der Waals surface area contributed by atoms with Crippen molar-refractivity contribution in [3.63, 3.8) is 0 Å². The highest BCUT2D eigenvalue weighted by Gasteiger charge is 2.17. The van der Waals surface area contributed by atoms with E-state index in [1.54, 1.807) is 0 Å². The summed E-state index contributed by atoms with van der Waals surface area (Å²) in [6, 6.07) is 5.91. The Kier molecular flexibility index (Phi) is 5.86. The third kappa shape index (κ3) is 5.11. The second-order valence-electron chi connectivity index (χ2n) is 5.57. The van der Waals surface area contributed by atoms with Crippen molar-refractivity contribution in [3.8, 4) is 5.75 Å². The molecule has 0 radical (unpaired) electrons. The Labute approximate surface area is 121 Å². The number of hydrogen-bond donors (Lipinski definition) is 2. The zero-order chi connectivity index (χ0) is 15.2. The lowest BCUT2D eigenvalue weighted by atomic mass is 10.0. The van der Waals surface area contributed by atoms with Crippen LogP contribution in [0.25, 0.3) is 0 Å². The molecule has 0 aliphatic heterocycles. The van der Waals surface area contributed by atoms with Crippen molar-refractivity contribution in [1.29, 1.82) is 0 Å². The average molecular weight is 278 g/mol. The Hall–Kier alpha value is -1.71. The SMILES string of the molecule is CCOc1cc(C)ccc1NCC(=O)NC(C)(C)CC. The highest BCUT2D eigenvalue weighted by Crippen LogP contribution is 2.25. The van der Waals surface area contributed by atoms with Crippen LogP contribution in [0, 0.1) is 6.92 Å². The molecule has 1 aromatic rings. The molecule has 0 aliphatic carbocycles. The highest BCUT2D eigenvalue weighted by atomic mass is 16.5. The number of anilines is 1. The van der Waals surface area contributed by atoms with Crippen LogP contribution in [0.3, 0.4) is 0 Å². The summed E-state index contributed by atoms with van der Waals surface area (Å²) in [6.07, 6.45) is 0.896. The van der Waals surface area contributed by atoms with Gasteiger partial charge in [0.25, 0.3) is 0 Å². The van der Waals surface area contributed by atoms with E-state index in [1.165, 1.54) is 0 Å². The van der Waals surface area contributed by atoms with E-state index in [9.17, 15) is 4.79 Å². The fourth-order valence-electron chi connectivity index (χ4n) is 1.74. The summed E-state index contributed by atoms with van der Waals surface area (Å²) in [4.78, 5) is 11.9. The minimum Gasteiger partial charge on any atom is -0.492 e. The van der Waals surface area contributed by atoms with Crippen LogP contribution in [0.2, 0.25) is 0 Å². The number of hydrogen-bond acceptors (Lipinski definition) is 3. The number of amides is 1. The number of benzene rings is 1. The summed E-state index contributed by atoms with van der Waals surface area (Å²) in [6.45, 7) is 10.9. The van der Waals surface area contributed by atoms with Crippen molar-refractivity contribution in [1.82, 2.24) is 5.32 Å². The zero-order valence-electron chi connectivity index (χ0n) is 13.2. The highest BCUT2D eigenvalue weighted by molar-refractivity contribution is 5.82. The van der Waals surface area contributed by atoms with Gasteiger partial charge in [-0.3, -0.25) is 4.79 Å². The third-order valence-corrected chi connectivity index (χ3v) is 3.24. The summed E-state index contributed by atoms with van der Waals surface area (Å²) in [5.41, 5.74) is 1.81. The maximum absolute atomic E-state index is 11.9. The molecule has 0 spiro atoms. The Morgan fingerprint density at radius 1 is 1.30 bits per heavy atom. The van der Waals surface area contributed by atoms with Gasteiger partial charge in [0.05, 0.1) is 18.8 Å². The zero-order valence-corrected chi connectivity index (χ0v) is 13.2. The van der Waals surface area contributed by atoms with Crippen LogP contribution in [-0.2, 0) is 4.79 Å². The lowest BCUT2D eigenvalue weighted by molar-refractivity contribution is -0.121. The molecular weight excluding hydrogens is 252 g/mol. The summed E-state index contributed by atoms with van der Waals surface area (Å²) in [7, 11) is 0. The second-order valence-corrected chi connectivity index (χ2v) is 5.57. The predicted molar refractivity (Wildman–Crippen MR) is 83.4 cm³/mol. The molecule has 112 valence electrons. The summed E-state index contributed by atoms with van der Waals surface area (Å²) >= 11 is 0. The van der Waals surface area contributed by atoms with Gasteiger partial charge in [-0.2, -0.15) is 0 Å². The quantitative estimate of drug-likeness (QED) is 0.805. The van der Waals surface area contributed by atoms with Crippen molar-refractivity contribution in [2.24, 2.45) is 0 Å². The maximum Gasteiger partial charge on any atom is 0.239 e. The Morgan fingerprint density at radius 2 is 2.00 bits per heavy atom. The van der Waals surface area contributed by atoms with E-state index in [0.29, 0.717) is 6.61 Å². The van der Waals surface area contributed by atoms with Crippen LogP contribution in [0.4, 0.5) is 5.69 Å². The van der Waals surface area contributed by atoms with Gasteiger partial charge in [-0.25, -0.2) is 0 Å². The molecule has 1 rings (SSSR count). The van der Waals surface area contributed by atoms with Crippen molar-refractivity contribution >= 4 is 11.6 Å². The first-order chi connectivity index (χ1) is 9.38. The molecular formula is C16H26N2O2. The van der Waals surface area contributed by atoms with Crippen LogP contribution in [0.15, 0.2) is 18.2 Å². The summed E-state index contributed by atoms with van der Waals surface area (Å²) < 4.78 is 5.58. The van der Waals surface area contributed by atoms with Gasteiger partial charge < -0.3 is 15.4 Å². The lowest BCUT2D eigenvalue weighted by Gasteiger charge is -2.24. The minimum atomic E-state index is -0.172. The number of carbonyl (C=O) groups is 1. The van der Waals surface area contributed by atoms with E-state index < -0.39 is 0 Å². The van der Waals surface area contributed by atoms with Crippen molar-refractivity contribution < 1.29 is 9.53 Å². The largest absolute Gasteiger partial charge is 0.492 e. The molecule has 0 atom stereocenters. The number of nitrogens with one attached hydrogen (secondary N) is 2. The average Bonchev–Trinajstić information content (AvgIpc) is 2.38. The monoisotopic (exact) mass is 278 g/mol. The molecule has 2 N–H and O–H groups in total. The van der Waals surface area contributed by atoms with Gasteiger partial charge in [-0.1, -0.05) is 13.0 Å². The van der Waals surface area contributed by atoms with Gasteiger partial charge in [0.15, 0.2) is 0 Å². The number of carbonyl (C=O) groups excluding carboxylic acids is 1. The first-order valence-electron chi connectivity index (χ1n) is 7.16. The van der Waals surface area contributed by atoms with E-state index in [-0.39, 0.29) is 18.0 Å². The topological polar surface area (TPSA) is 50.4 Å². The number of rotatable bonds is 7. The molecule has 0 unspecified atom stereocenters. The molecule has 20 heavy (non-hydrogen) atoms. The van der Waals surface area contributed by atoms with E-state index in [4.69, 9.17) is 4.74 Å². The normalized spacial score (nSPS) is 11.1. The van der Waals surface area contributed by atoms with Gasteiger partial charge in [0, 0.05) is 5.54 Å². The molecule has 0 saturated carbocycles. The second kappa shape index (κ2) is 7.17. The van der Waals surface area contributed by atoms with Crippen molar-refractivity contribution in [2.45, 2.75) is 46.6 Å². The molecule has 1 amide bonds. The third-order valence-electron chi connectivity index (χ3n) is 3.24. The summed E-state index contributed by atoms with van der Waals surface area (Å²) in [5, 5.41) is 6.13. The first-order valence-corrected chi connectivity index (χ1v) is 7.16. The number of aryl methyl sites for hydroxylation is 1. The van der Waals surface area contributed by atoms with Crippen LogP contribution in [0.5, 0.6) is 5.75 Å². The fourth-order valence-corrected chi connectivity index (χ4v) is 1.74. The molecule has 4 heteroatoms. The fraction of sp³-hybridized carbons (Fsp3) is 0.562. The Morgan fingerprint density at radius 3 is 2.60 bits per heavy atom. The van der Waals surface area contributed by atoms with E-state index in [2.05, 4.69) is 17.6 Å².